The van der Waals surface area contributed by atoms with Crippen molar-refractivity contribution in [1.82, 2.24) is 5.06 Å². The molecule has 0 spiro atoms. The maximum absolute atomic E-state index is 12.8. The van der Waals surface area contributed by atoms with Crippen LogP contribution in [0.25, 0.3) is 0 Å². The lowest BCUT2D eigenvalue weighted by molar-refractivity contribution is -0.172. The molecule has 2 aliphatic rings. The molecule has 1 aliphatic heterocycles. The van der Waals surface area contributed by atoms with Crippen molar-refractivity contribution in [3.63, 3.8) is 0 Å². The Labute approximate surface area is 213 Å². The number of ether oxygens (including phenoxy) is 1. The van der Waals surface area contributed by atoms with Crippen molar-refractivity contribution in [3.8, 4) is 17.6 Å². The maximum Gasteiger partial charge on any atom is 0.340 e. The number of hydrogen-bond acceptors (Lipinski definition) is 8. The highest BCUT2D eigenvalue weighted by Gasteiger charge is 2.55. The molecular weight excluding hydrogens is 496 g/mol. The number of imide groups is 1. The van der Waals surface area contributed by atoms with Gasteiger partial charge in [0.2, 0.25) is 0 Å². The van der Waals surface area contributed by atoms with Gasteiger partial charge in [-0.3, -0.25) is 14.4 Å². The van der Waals surface area contributed by atoms with Crippen molar-refractivity contribution < 1.29 is 31.8 Å². The average molecular weight is 519 g/mol. The van der Waals surface area contributed by atoms with Crippen LogP contribution in [0.4, 0.5) is 0 Å². The van der Waals surface area contributed by atoms with Crippen LogP contribution in [-0.4, -0.2) is 37.0 Å². The van der Waals surface area contributed by atoms with Crippen molar-refractivity contribution in [3.05, 3.63) is 89.0 Å². The van der Waals surface area contributed by atoms with Gasteiger partial charge in [0.15, 0.2) is 0 Å². The lowest BCUT2D eigenvalue weighted by atomic mass is 10.1. The molecule has 10 heteroatoms. The lowest BCUT2D eigenvalue weighted by Crippen LogP contribution is -2.42. The number of rotatable bonds is 8. The summed E-state index contributed by atoms with van der Waals surface area (Å²) in [4.78, 5) is 31.1. The maximum atomic E-state index is 12.8. The van der Waals surface area contributed by atoms with Crippen LogP contribution in [0, 0.1) is 18.3 Å². The molecule has 2 amide bonds. The van der Waals surface area contributed by atoms with Gasteiger partial charge in [-0.1, -0.05) is 24.3 Å². The third-order valence-electron chi connectivity index (χ3n) is 6.33. The highest BCUT2D eigenvalue weighted by atomic mass is 32.2. The van der Waals surface area contributed by atoms with E-state index in [2.05, 4.69) is 0 Å². The number of nitrogens with zero attached hydrogens (tertiary/aromatic N) is 2. The van der Waals surface area contributed by atoms with Gasteiger partial charge in [0.25, 0.3) is 11.8 Å². The van der Waals surface area contributed by atoms with Crippen molar-refractivity contribution >= 4 is 21.9 Å². The Morgan fingerprint density at radius 3 is 2.16 bits per heavy atom. The average Bonchev–Trinajstić information content (AvgIpc) is 3.62. The minimum Gasteiger partial charge on any atom is -0.487 e. The third kappa shape index (κ3) is 4.55. The molecule has 0 N–H and O–H groups in total. The van der Waals surface area contributed by atoms with E-state index in [4.69, 9.17) is 13.8 Å². The number of aryl methyl sites for hydroxylation is 1. The molecule has 9 nitrogen and oxygen atoms in total. The molecule has 188 valence electrons. The van der Waals surface area contributed by atoms with Crippen LogP contribution in [0.15, 0.2) is 71.6 Å². The largest absolute Gasteiger partial charge is 0.487 e. The molecule has 5 rings (SSSR count). The standard InChI is InChI=1S/C27H22N2O7S/c1-17-13-20(15-21(14-17)35-37(32,33)24-10-6-3-7-19(24)16-28)34-18(2)27(11-12-27)36-29-25(30)22-8-4-5-9-23(22)26(29)31/h3-10,13-15,18H,11-12H2,1-2H3. The van der Waals surface area contributed by atoms with Crippen molar-refractivity contribution in [2.75, 3.05) is 0 Å². The first-order chi connectivity index (χ1) is 17.6. The number of fused-ring (bicyclic) bond motifs is 1. The SMILES string of the molecule is Cc1cc(OC(C)C2(ON3C(=O)c4ccccc4C3=O)CC2)cc(OS(=O)(=O)c2ccccc2C#N)c1. The van der Waals surface area contributed by atoms with Gasteiger partial charge in [-0.15, -0.1) is 5.06 Å². The van der Waals surface area contributed by atoms with Gasteiger partial charge in [0, 0.05) is 6.07 Å². The first-order valence-corrected chi connectivity index (χ1v) is 12.9. The van der Waals surface area contributed by atoms with E-state index in [0.717, 1.165) is 5.06 Å². The van der Waals surface area contributed by atoms with Gasteiger partial charge < -0.3 is 8.92 Å². The third-order valence-corrected chi connectivity index (χ3v) is 7.64. The van der Waals surface area contributed by atoms with E-state index in [0.29, 0.717) is 24.2 Å². The summed E-state index contributed by atoms with van der Waals surface area (Å²) >= 11 is 0. The Hall–Kier alpha value is -4.20. The molecule has 0 bridgehead atoms. The van der Waals surface area contributed by atoms with E-state index >= 15 is 0 Å². The summed E-state index contributed by atoms with van der Waals surface area (Å²) in [7, 11) is -4.27. The fourth-order valence-electron chi connectivity index (χ4n) is 4.22. The van der Waals surface area contributed by atoms with E-state index in [1.54, 1.807) is 50.2 Å². The zero-order valence-corrected chi connectivity index (χ0v) is 20.8. The van der Waals surface area contributed by atoms with Gasteiger partial charge in [-0.2, -0.15) is 13.7 Å². The number of hydroxylamine groups is 2. The van der Waals surface area contributed by atoms with Gasteiger partial charge in [0.1, 0.15) is 34.2 Å². The zero-order chi connectivity index (χ0) is 26.4. The lowest BCUT2D eigenvalue weighted by Gasteiger charge is -2.28. The molecule has 1 atom stereocenters. The van der Waals surface area contributed by atoms with Crippen LogP contribution in [0.1, 0.15) is 51.6 Å². The summed E-state index contributed by atoms with van der Waals surface area (Å²) in [6.45, 7) is 3.51. The van der Waals surface area contributed by atoms with Crippen LogP contribution >= 0.6 is 0 Å². The second-order valence-electron chi connectivity index (χ2n) is 8.99. The molecule has 1 saturated carbocycles. The predicted molar refractivity (Wildman–Crippen MR) is 130 cm³/mol. The molecule has 1 unspecified atom stereocenters. The van der Waals surface area contributed by atoms with Crippen LogP contribution in [-0.2, 0) is 15.0 Å². The van der Waals surface area contributed by atoms with Gasteiger partial charge >= 0.3 is 10.1 Å². The Bertz CT molecular complexity index is 1540. The van der Waals surface area contributed by atoms with Crippen LogP contribution in [0.3, 0.4) is 0 Å². The zero-order valence-electron chi connectivity index (χ0n) is 20.0. The molecule has 0 aromatic heterocycles. The Morgan fingerprint density at radius 2 is 1.54 bits per heavy atom. The fraction of sp³-hybridized carbons (Fsp3) is 0.222. The van der Waals surface area contributed by atoms with Crippen molar-refractivity contribution in [2.24, 2.45) is 0 Å². The highest BCUT2D eigenvalue weighted by molar-refractivity contribution is 7.87. The second kappa shape index (κ2) is 9.03. The van der Waals surface area contributed by atoms with E-state index < -0.39 is 33.6 Å². The molecule has 3 aromatic rings. The first kappa shape index (κ1) is 24.5. The van der Waals surface area contributed by atoms with Crippen LogP contribution in [0.2, 0.25) is 0 Å². The quantitative estimate of drug-likeness (QED) is 0.322. The van der Waals surface area contributed by atoms with Crippen LogP contribution < -0.4 is 8.92 Å². The van der Waals surface area contributed by atoms with E-state index in [1.807, 2.05) is 6.07 Å². The minimum absolute atomic E-state index is 0.0149. The number of amides is 2. The molecule has 0 radical (unpaired) electrons. The molecule has 0 saturated heterocycles. The molecule has 3 aromatic carbocycles. The Balaban J connectivity index is 1.33. The second-order valence-corrected chi connectivity index (χ2v) is 10.5. The number of hydrogen-bond donors (Lipinski definition) is 0. The predicted octanol–water partition coefficient (Wildman–Crippen LogP) is 4.16. The summed E-state index contributed by atoms with van der Waals surface area (Å²) in [6.07, 6.45) is 0.550. The summed E-state index contributed by atoms with van der Waals surface area (Å²) in [6, 6.07) is 18.8. The van der Waals surface area contributed by atoms with Gasteiger partial charge in [-0.05, 0) is 68.7 Å². The van der Waals surface area contributed by atoms with E-state index in [-0.39, 0.29) is 27.3 Å². The number of benzene rings is 3. The topological polar surface area (TPSA) is 123 Å². The number of nitriles is 1. The Kier molecular flexibility index (Phi) is 5.98. The first-order valence-electron chi connectivity index (χ1n) is 11.5. The van der Waals surface area contributed by atoms with Gasteiger partial charge in [-0.25, -0.2) is 0 Å². The van der Waals surface area contributed by atoms with Crippen molar-refractivity contribution in [1.29, 1.82) is 5.26 Å². The van der Waals surface area contributed by atoms with Crippen LogP contribution in [0.5, 0.6) is 11.5 Å². The molecule has 1 heterocycles. The highest BCUT2D eigenvalue weighted by Crippen LogP contribution is 2.46. The summed E-state index contributed by atoms with van der Waals surface area (Å²) in [5.41, 5.74) is 0.333. The normalized spacial score (nSPS) is 16.6. The Morgan fingerprint density at radius 1 is 0.946 bits per heavy atom. The number of carbonyl (C=O) groups is 2. The summed E-state index contributed by atoms with van der Waals surface area (Å²) in [5.74, 6) is -0.703. The monoisotopic (exact) mass is 518 g/mol. The smallest absolute Gasteiger partial charge is 0.340 e. The van der Waals surface area contributed by atoms with Crippen molar-refractivity contribution in [2.45, 2.75) is 43.3 Å². The van der Waals surface area contributed by atoms with E-state index in [1.165, 1.54) is 30.3 Å². The molecule has 1 fully saturated rings. The fourth-order valence-corrected chi connectivity index (χ4v) is 5.28. The number of carbonyl (C=O) groups excluding carboxylic acids is 2. The minimum atomic E-state index is -4.27. The summed E-state index contributed by atoms with van der Waals surface area (Å²) < 4.78 is 37.1. The van der Waals surface area contributed by atoms with E-state index in [9.17, 15) is 23.3 Å². The molecule has 37 heavy (non-hydrogen) atoms. The summed E-state index contributed by atoms with van der Waals surface area (Å²) in [5, 5.41) is 10.0. The molecular formula is C27H22N2O7S. The van der Waals surface area contributed by atoms with Gasteiger partial charge in [0.05, 0.1) is 16.7 Å². The molecule has 1 aliphatic carbocycles.